The smallest absolute Gasteiger partial charge is 0.0485 e. The number of nitrogens with one attached hydrogen (secondary N) is 1. The zero-order valence-electron chi connectivity index (χ0n) is 10.2. The molecule has 0 spiro atoms. The molecule has 0 aromatic heterocycles. The first-order valence-electron chi connectivity index (χ1n) is 6.07. The van der Waals surface area contributed by atoms with Crippen molar-refractivity contribution in [3.05, 3.63) is 28.7 Å². The molecule has 1 atom stereocenters. The van der Waals surface area contributed by atoms with Crippen LogP contribution in [0.3, 0.4) is 0 Å². The molecular formula is C13H19BrN2S. The Morgan fingerprint density at radius 3 is 3.06 bits per heavy atom. The molecule has 1 aliphatic heterocycles. The Labute approximate surface area is 116 Å². The highest BCUT2D eigenvalue weighted by molar-refractivity contribution is 9.10. The molecule has 0 aliphatic carbocycles. The molecule has 1 fully saturated rings. The second-order valence-electron chi connectivity index (χ2n) is 4.37. The summed E-state index contributed by atoms with van der Waals surface area (Å²) in [6, 6.07) is 9.00. The molecule has 0 saturated carbocycles. The molecule has 17 heavy (non-hydrogen) atoms. The summed E-state index contributed by atoms with van der Waals surface area (Å²) < 4.78 is 1.14. The van der Waals surface area contributed by atoms with Crippen LogP contribution in [0.4, 0.5) is 5.69 Å². The highest BCUT2D eigenvalue weighted by Crippen LogP contribution is 2.21. The van der Waals surface area contributed by atoms with Crippen molar-refractivity contribution in [3.8, 4) is 0 Å². The molecule has 0 bridgehead atoms. The first kappa shape index (κ1) is 13.2. The van der Waals surface area contributed by atoms with Gasteiger partial charge in [-0.1, -0.05) is 12.1 Å². The molecular weight excluding hydrogens is 296 g/mol. The lowest BCUT2D eigenvalue weighted by molar-refractivity contribution is 0.242. The molecule has 0 radical (unpaired) electrons. The molecule has 94 valence electrons. The predicted octanol–water partition coefficient (Wildman–Crippen LogP) is 3.30. The van der Waals surface area contributed by atoms with Crippen molar-refractivity contribution in [1.82, 2.24) is 4.90 Å². The number of hydrogen-bond donors (Lipinski definition) is 1. The topological polar surface area (TPSA) is 15.3 Å². The molecule has 2 nitrogen and oxygen atoms in total. The van der Waals surface area contributed by atoms with Crippen molar-refractivity contribution in [2.45, 2.75) is 13.0 Å². The van der Waals surface area contributed by atoms with Crippen molar-refractivity contribution < 1.29 is 0 Å². The first-order chi connectivity index (χ1) is 8.27. The number of anilines is 1. The molecule has 1 aromatic rings. The maximum atomic E-state index is 3.55. The van der Waals surface area contributed by atoms with Gasteiger partial charge < -0.3 is 5.32 Å². The Hall–Kier alpha value is -0.190. The lowest BCUT2D eigenvalue weighted by atomic mass is 10.3. The zero-order chi connectivity index (χ0) is 12.1. The van der Waals surface area contributed by atoms with Gasteiger partial charge in [0.15, 0.2) is 0 Å². The van der Waals surface area contributed by atoms with Gasteiger partial charge in [-0.3, -0.25) is 4.90 Å². The lowest BCUT2D eigenvalue weighted by Crippen LogP contribution is -2.42. The summed E-state index contributed by atoms with van der Waals surface area (Å²) in [5.74, 6) is 2.55. The van der Waals surface area contributed by atoms with Gasteiger partial charge in [0.25, 0.3) is 0 Å². The van der Waals surface area contributed by atoms with Gasteiger partial charge in [-0.15, -0.1) is 0 Å². The van der Waals surface area contributed by atoms with Gasteiger partial charge in [0, 0.05) is 47.3 Å². The van der Waals surface area contributed by atoms with Crippen molar-refractivity contribution in [2.24, 2.45) is 0 Å². The summed E-state index contributed by atoms with van der Waals surface area (Å²) in [6.45, 7) is 5.69. The summed E-state index contributed by atoms with van der Waals surface area (Å²) in [6.07, 6.45) is 0. The highest BCUT2D eigenvalue weighted by Gasteiger charge is 2.17. The van der Waals surface area contributed by atoms with Gasteiger partial charge in [0.05, 0.1) is 0 Å². The molecule has 0 amide bonds. The Bertz CT molecular complexity index is 359. The van der Waals surface area contributed by atoms with Crippen LogP contribution in [0.25, 0.3) is 0 Å². The molecule has 1 unspecified atom stereocenters. The van der Waals surface area contributed by atoms with Crippen LogP contribution in [0.5, 0.6) is 0 Å². The van der Waals surface area contributed by atoms with Crippen LogP contribution in [0, 0.1) is 0 Å². The minimum absolute atomic E-state index is 0.717. The normalized spacial score (nSPS) is 21.4. The lowest BCUT2D eigenvalue weighted by Gasteiger charge is -2.33. The van der Waals surface area contributed by atoms with Crippen molar-refractivity contribution >= 4 is 33.4 Å². The Kier molecular flexibility index (Phi) is 5.19. The number of benzene rings is 1. The fourth-order valence-electron chi connectivity index (χ4n) is 2.03. The Morgan fingerprint density at radius 2 is 2.29 bits per heavy atom. The van der Waals surface area contributed by atoms with E-state index in [-0.39, 0.29) is 0 Å². The standard InChI is InChI=1S/C13H19BrN2S/c1-11-10-17-9-8-16(11)7-6-15-13-5-3-2-4-12(13)14/h2-5,11,15H,6-10H2,1H3. The summed E-state index contributed by atoms with van der Waals surface area (Å²) >= 11 is 5.62. The van der Waals surface area contributed by atoms with Crippen LogP contribution >= 0.6 is 27.7 Å². The third-order valence-corrected chi connectivity index (χ3v) is 4.97. The summed E-state index contributed by atoms with van der Waals surface area (Å²) in [5.41, 5.74) is 1.19. The number of halogens is 1. The number of rotatable bonds is 4. The summed E-state index contributed by atoms with van der Waals surface area (Å²) in [4.78, 5) is 2.57. The fraction of sp³-hybridized carbons (Fsp3) is 0.538. The van der Waals surface area contributed by atoms with Crippen LogP contribution in [0.15, 0.2) is 28.7 Å². The van der Waals surface area contributed by atoms with E-state index in [9.17, 15) is 0 Å². The largest absolute Gasteiger partial charge is 0.383 e. The molecule has 1 aromatic carbocycles. The Balaban J connectivity index is 1.77. The number of para-hydroxylation sites is 1. The fourth-order valence-corrected chi connectivity index (χ4v) is 3.54. The van der Waals surface area contributed by atoms with Crippen LogP contribution in [-0.2, 0) is 0 Å². The third-order valence-electron chi connectivity index (χ3n) is 3.09. The second kappa shape index (κ2) is 6.66. The molecule has 1 aliphatic rings. The molecule has 1 heterocycles. The van der Waals surface area contributed by atoms with Crippen LogP contribution in [-0.4, -0.2) is 42.1 Å². The number of thioether (sulfide) groups is 1. The van der Waals surface area contributed by atoms with E-state index in [1.807, 2.05) is 6.07 Å². The van der Waals surface area contributed by atoms with E-state index in [4.69, 9.17) is 0 Å². The van der Waals surface area contributed by atoms with Gasteiger partial charge in [0.2, 0.25) is 0 Å². The minimum Gasteiger partial charge on any atom is -0.383 e. The average molecular weight is 315 g/mol. The summed E-state index contributed by atoms with van der Waals surface area (Å²) in [5, 5.41) is 3.49. The molecule has 4 heteroatoms. The van der Waals surface area contributed by atoms with E-state index in [0.29, 0.717) is 0 Å². The molecule has 1 N–H and O–H groups in total. The number of nitrogens with zero attached hydrogens (tertiary/aromatic N) is 1. The van der Waals surface area contributed by atoms with Gasteiger partial charge in [0.1, 0.15) is 0 Å². The maximum absolute atomic E-state index is 3.55. The van der Waals surface area contributed by atoms with Crippen LogP contribution in [0.2, 0.25) is 0 Å². The van der Waals surface area contributed by atoms with E-state index in [2.05, 4.69) is 63.0 Å². The monoisotopic (exact) mass is 314 g/mol. The zero-order valence-corrected chi connectivity index (χ0v) is 12.6. The highest BCUT2D eigenvalue weighted by atomic mass is 79.9. The SMILES string of the molecule is CC1CSCCN1CCNc1ccccc1Br. The average Bonchev–Trinajstić information content (AvgIpc) is 2.34. The first-order valence-corrected chi connectivity index (χ1v) is 8.02. The van der Waals surface area contributed by atoms with Gasteiger partial charge in [-0.2, -0.15) is 11.8 Å². The van der Waals surface area contributed by atoms with Crippen LogP contribution in [0.1, 0.15) is 6.92 Å². The van der Waals surface area contributed by atoms with Crippen molar-refractivity contribution in [2.75, 3.05) is 36.5 Å². The molecule has 1 saturated heterocycles. The van der Waals surface area contributed by atoms with Gasteiger partial charge in [-0.25, -0.2) is 0 Å². The van der Waals surface area contributed by atoms with E-state index in [1.54, 1.807) is 0 Å². The quantitative estimate of drug-likeness (QED) is 0.918. The number of hydrogen-bond acceptors (Lipinski definition) is 3. The molecule has 2 rings (SSSR count). The van der Waals surface area contributed by atoms with Crippen LogP contribution < -0.4 is 5.32 Å². The maximum Gasteiger partial charge on any atom is 0.0485 e. The summed E-state index contributed by atoms with van der Waals surface area (Å²) in [7, 11) is 0. The van der Waals surface area contributed by atoms with Crippen molar-refractivity contribution in [3.63, 3.8) is 0 Å². The van der Waals surface area contributed by atoms with E-state index < -0.39 is 0 Å². The van der Waals surface area contributed by atoms with Gasteiger partial charge >= 0.3 is 0 Å². The third kappa shape index (κ3) is 3.90. The van der Waals surface area contributed by atoms with Crippen molar-refractivity contribution in [1.29, 1.82) is 0 Å². The Morgan fingerprint density at radius 1 is 1.47 bits per heavy atom. The van der Waals surface area contributed by atoms with E-state index >= 15 is 0 Å². The van der Waals surface area contributed by atoms with E-state index in [0.717, 1.165) is 23.6 Å². The minimum atomic E-state index is 0.717. The predicted molar refractivity (Wildman–Crippen MR) is 81.0 cm³/mol. The second-order valence-corrected chi connectivity index (χ2v) is 6.37. The van der Waals surface area contributed by atoms with Gasteiger partial charge in [-0.05, 0) is 35.0 Å². The van der Waals surface area contributed by atoms with E-state index in [1.165, 1.54) is 23.7 Å².